The lowest BCUT2D eigenvalue weighted by Gasteiger charge is -2.42. The maximum absolute atomic E-state index is 6.48. The Morgan fingerprint density at radius 2 is 1.62 bits per heavy atom. The van der Waals surface area contributed by atoms with Gasteiger partial charge in [-0.15, -0.1) is 10.2 Å². The molecule has 3 atom stereocenters. The van der Waals surface area contributed by atoms with Gasteiger partial charge in [0.2, 0.25) is 5.95 Å². The first-order valence-corrected chi connectivity index (χ1v) is 18.7. The maximum Gasteiger partial charge on any atom is 0.257 e. The van der Waals surface area contributed by atoms with Gasteiger partial charge in [0, 0.05) is 44.2 Å². The van der Waals surface area contributed by atoms with Gasteiger partial charge in [-0.1, -0.05) is 17.7 Å². The summed E-state index contributed by atoms with van der Waals surface area (Å²) < 4.78 is 38.1. The summed E-state index contributed by atoms with van der Waals surface area (Å²) in [6, 6.07) is 6.42. The Bertz CT molecular complexity index is 1660. The molecule has 3 aromatic heterocycles. The third-order valence-corrected chi connectivity index (χ3v) is 9.61. The molecule has 0 amide bonds. The number of hydrogen-bond donors (Lipinski definition) is 1. The third kappa shape index (κ3) is 11.3. The molecule has 17 heteroatoms. The van der Waals surface area contributed by atoms with Gasteiger partial charge in [-0.25, -0.2) is 14.6 Å². The molecule has 2 fully saturated rings. The molecule has 4 aromatic rings. The first-order valence-electron chi connectivity index (χ1n) is 18.4. The molecule has 0 spiro atoms. The van der Waals surface area contributed by atoms with Gasteiger partial charge < -0.3 is 33.7 Å². The van der Waals surface area contributed by atoms with Crippen LogP contribution in [0.15, 0.2) is 43.1 Å². The summed E-state index contributed by atoms with van der Waals surface area (Å²) >= 11 is 6.48. The Kier molecular flexibility index (Phi) is 14.2. The molecule has 6 rings (SSSR count). The van der Waals surface area contributed by atoms with Crippen LogP contribution in [0.2, 0.25) is 5.02 Å². The fourth-order valence-electron chi connectivity index (χ4n) is 6.84. The summed E-state index contributed by atoms with van der Waals surface area (Å²) in [4.78, 5) is 11.9. The maximum atomic E-state index is 6.48. The first-order chi connectivity index (χ1) is 25.8. The van der Waals surface area contributed by atoms with Crippen molar-refractivity contribution in [2.75, 3.05) is 65.2 Å². The van der Waals surface area contributed by atoms with Crippen molar-refractivity contribution < 1.29 is 28.4 Å². The molecule has 16 nitrogen and oxygen atoms in total. The summed E-state index contributed by atoms with van der Waals surface area (Å²) in [5.74, 6) is 1.44. The molecule has 1 aromatic carbocycles. The lowest BCUT2D eigenvalue weighted by Crippen LogP contribution is -2.51. The van der Waals surface area contributed by atoms with Crippen LogP contribution in [0.25, 0.3) is 11.1 Å². The van der Waals surface area contributed by atoms with Crippen molar-refractivity contribution in [1.82, 2.24) is 44.9 Å². The van der Waals surface area contributed by atoms with E-state index < -0.39 is 0 Å². The zero-order chi connectivity index (χ0) is 37.0. The highest BCUT2D eigenvalue weighted by Crippen LogP contribution is 2.36. The number of benzene rings is 1. The molecule has 1 saturated carbocycles. The van der Waals surface area contributed by atoms with Gasteiger partial charge in [0.15, 0.2) is 0 Å². The van der Waals surface area contributed by atoms with Gasteiger partial charge in [-0.3, -0.25) is 9.58 Å². The average molecular weight is 755 g/mol. The standard InChI is InChI=1S/C36H51ClN10O6/c1-25-20-45(21-26(2)52-25)30-6-8-31(9-7-30)47-23-33(35(42-47)51-16-15-50-14-13-49-12-11-48-4)41-36-38-18-29(19-39-36)28-5-10-32(37)34(17-28)53-27(3)22-46-24-40-43-44-46/h5,10,17-19,23-27,30-31H,6-9,11-16,20-22H2,1-4H3,(H,38,39,41)/t25-,26+,27?,30?,31?. The Balaban J connectivity index is 1.09. The van der Waals surface area contributed by atoms with E-state index in [4.69, 9.17) is 45.1 Å². The number of methoxy groups -OCH3 is 1. The SMILES string of the molecule is COCCOCCOCCOc1nn(C2CCC(N3C[C@@H](C)O[C@@H](C)C3)CC2)cc1Nc1ncc(-c2ccc(Cl)c(OC(C)Cn3cnnn3)c2)cn1. The Hall–Kier alpha value is -3.93. The highest BCUT2D eigenvalue weighted by atomic mass is 35.5. The molecule has 1 aliphatic heterocycles. The topological polar surface area (TPSA) is 158 Å². The minimum absolute atomic E-state index is 0.217. The molecule has 53 heavy (non-hydrogen) atoms. The van der Waals surface area contributed by atoms with E-state index in [9.17, 15) is 0 Å². The molecule has 0 bridgehead atoms. The number of nitrogens with zero attached hydrogens (tertiary/aromatic N) is 9. The van der Waals surface area contributed by atoms with Crippen LogP contribution in [-0.4, -0.2) is 129 Å². The summed E-state index contributed by atoms with van der Waals surface area (Å²) in [6.45, 7) is 11.5. The molecule has 288 valence electrons. The monoisotopic (exact) mass is 754 g/mol. The van der Waals surface area contributed by atoms with Gasteiger partial charge in [-0.05, 0) is 74.6 Å². The first kappa shape index (κ1) is 38.8. The zero-order valence-electron chi connectivity index (χ0n) is 31.0. The van der Waals surface area contributed by atoms with Crippen molar-refractivity contribution in [3.63, 3.8) is 0 Å². The second-order valence-electron chi connectivity index (χ2n) is 13.6. The van der Waals surface area contributed by atoms with Gasteiger partial charge in [0.25, 0.3) is 5.88 Å². The van der Waals surface area contributed by atoms with Crippen LogP contribution in [0.3, 0.4) is 0 Å². The number of nitrogens with one attached hydrogen (secondary N) is 1. The second-order valence-corrected chi connectivity index (χ2v) is 14.0. The average Bonchev–Trinajstić information content (AvgIpc) is 3.82. The summed E-state index contributed by atoms with van der Waals surface area (Å²) in [5, 5.41) is 20.0. The molecule has 1 unspecified atom stereocenters. The lowest BCUT2D eigenvalue weighted by atomic mass is 9.89. The van der Waals surface area contributed by atoms with E-state index in [-0.39, 0.29) is 24.4 Å². The predicted molar refractivity (Wildman–Crippen MR) is 198 cm³/mol. The Labute approximate surface area is 315 Å². The van der Waals surface area contributed by atoms with Crippen LogP contribution >= 0.6 is 11.6 Å². The third-order valence-electron chi connectivity index (χ3n) is 9.30. The van der Waals surface area contributed by atoms with E-state index in [0.29, 0.717) is 80.5 Å². The summed E-state index contributed by atoms with van der Waals surface area (Å²) in [5.41, 5.74) is 2.36. The number of rotatable bonds is 19. The van der Waals surface area contributed by atoms with Gasteiger partial charge in [0.05, 0.1) is 69.0 Å². The number of halogens is 1. The number of tetrazole rings is 1. The van der Waals surface area contributed by atoms with Gasteiger partial charge in [0.1, 0.15) is 30.5 Å². The normalized spacial score (nSPS) is 21.4. The molecule has 1 N–H and O–H groups in total. The van der Waals surface area contributed by atoms with Crippen molar-refractivity contribution in [3.8, 4) is 22.8 Å². The van der Waals surface area contributed by atoms with Crippen LogP contribution in [0, 0.1) is 0 Å². The van der Waals surface area contributed by atoms with Crippen LogP contribution in [0.5, 0.6) is 11.6 Å². The fraction of sp³-hybridized carbons (Fsp3) is 0.611. The predicted octanol–water partition coefficient (Wildman–Crippen LogP) is 4.84. The molecule has 2 aliphatic rings. The van der Waals surface area contributed by atoms with Gasteiger partial charge in [-0.2, -0.15) is 0 Å². The van der Waals surface area contributed by atoms with E-state index in [1.807, 2.05) is 29.9 Å². The van der Waals surface area contributed by atoms with E-state index in [1.165, 1.54) is 0 Å². The minimum atomic E-state index is -0.217. The molecule has 1 aliphatic carbocycles. The summed E-state index contributed by atoms with van der Waals surface area (Å²) in [6.07, 6.45) is 11.7. The van der Waals surface area contributed by atoms with Crippen LogP contribution in [-0.2, 0) is 25.5 Å². The van der Waals surface area contributed by atoms with Crippen molar-refractivity contribution in [1.29, 1.82) is 0 Å². The number of morpholine rings is 1. The fourth-order valence-corrected chi connectivity index (χ4v) is 7.00. The zero-order valence-corrected chi connectivity index (χ0v) is 31.7. The number of hydrogen-bond acceptors (Lipinski definition) is 14. The quantitative estimate of drug-likeness (QED) is 0.130. The summed E-state index contributed by atoms with van der Waals surface area (Å²) in [7, 11) is 1.65. The number of anilines is 2. The van der Waals surface area contributed by atoms with Gasteiger partial charge >= 0.3 is 0 Å². The van der Waals surface area contributed by atoms with Crippen molar-refractivity contribution in [3.05, 3.63) is 48.1 Å². The van der Waals surface area contributed by atoms with E-state index in [0.717, 1.165) is 49.9 Å². The molecular formula is C36H51ClN10O6. The van der Waals surface area contributed by atoms with Crippen molar-refractivity contribution in [2.24, 2.45) is 0 Å². The van der Waals surface area contributed by atoms with Crippen molar-refractivity contribution in [2.45, 2.75) is 83.4 Å². The molecule has 1 saturated heterocycles. The molecular weight excluding hydrogens is 704 g/mol. The minimum Gasteiger partial charge on any atom is -0.487 e. The highest BCUT2D eigenvalue weighted by molar-refractivity contribution is 6.32. The van der Waals surface area contributed by atoms with Crippen LogP contribution < -0.4 is 14.8 Å². The Morgan fingerprint density at radius 1 is 0.925 bits per heavy atom. The van der Waals surface area contributed by atoms with E-state index >= 15 is 0 Å². The second kappa shape index (κ2) is 19.4. The molecule has 0 radical (unpaired) electrons. The number of ether oxygens (including phenoxy) is 6. The number of aromatic nitrogens is 8. The molecule has 4 heterocycles. The van der Waals surface area contributed by atoms with Crippen molar-refractivity contribution >= 4 is 23.2 Å². The Morgan fingerprint density at radius 3 is 2.32 bits per heavy atom. The largest absolute Gasteiger partial charge is 0.487 e. The van der Waals surface area contributed by atoms with Crippen LogP contribution in [0.4, 0.5) is 11.6 Å². The smallest absolute Gasteiger partial charge is 0.257 e. The van der Waals surface area contributed by atoms with E-state index in [1.54, 1.807) is 36.6 Å². The van der Waals surface area contributed by atoms with Crippen LogP contribution in [0.1, 0.15) is 52.5 Å². The highest BCUT2D eigenvalue weighted by Gasteiger charge is 2.32. The lowest BCUT2D eigenvalue weighted by molar-refractivity contribution is -0.0852. The van der Waals surface area contributed by atoms with E-state index in [2.05, 4.69) is 49.6 Å².